The number of nitrogen functional groups attached to an aromatic ring is 1. The molecule has 0 spiro atoms. The van der Waals surface area contributed by atoms with Crippen LogP contribution in [0.1, 0.15) is 38.2 Å². The molecule has 8 heteroatoms. The fourth-order valence-corrected chi connectivity index (χ4v) is 5.18. The third-order valence-corrected chi connectivity index (χ3v) is 7.32. The number of hydrogen-bond acceptors (Lipinski definition) is 6. The molecule has 7 nitrogen and oxygen atoms in total. The van der Waals surface area contributed by atoms with E-state index in [-0.39, 0.29) is 11.9 Å². The van der Waals surface area contributed by atoms with E-state index in [1.165, 1.54) is 0 Å². The number of carbonyl (C=O) groups excluding carboxylic acids is 1. The minimum atomic E-state index is -1.53. The summed E-state index contributed by atoms with van der Waals surface area (Å²) in [5, 5.41) is 3.83. The Bertz CT molecular complexity index is 1660. The molecular formula is C30H27FN6O. The first-order chi connectivity index (χ1) is 18.3. The highest BCUT2D eigenvalue weighted by Gasteiger charge is 2.48. The van der Waals surface area contributed by atoms with E-state index < -0.39 is 5.79 Å². The molecule has 1 atom stereocenters. The maximum atomic E-state index is 16.0. The molecule has 6 rings (SSSR count). The molecule has 3 heterocycles. The van der Waals surface area contributed by atoms with Crippen molar-refractivity contribution < 1.29 is 9.18 Å². The van der Waals surface area contributed by atoms with Crippen LogP contribution in [0, 0.1) is 18.8 Å². The predicted molar refractivity (Wildman–Crippen MR) is 146 cm³/mol. The first-order valence-electron chi connectivity index (χ1n) is 12.5. The highest BCUT2D eigenvalue weighted by molar-refractivity contribution is 6.04. The number of halogens is 1. The van der Waals surface area contributed by atoms with Crippen LogP contribution in [0.3, 0.4) is 0 Å². The van der Waals surface area contributed by atoms with E-state index in [4.69, 9.17) is 5.73 Å². The van der Waals surface area contributed by atoms with E-state index in [0.29, 0.717) is 36.4 Å². The average molecular weight is 507 g/mol. The van der Waals surface area contributed by atoms with Crippen molar-refractivity contribution in [2.45, 2.75) is 19.3 Å². The largest absolute Gasteiger partial charge is 0.368 e. The minimum absolute atomic E-state index is 0.214. The van der Waals surface area contributed by atoms with E-state index in [9.17, 15) is 4.79 Å². The zero-order valence-corrected chi connectivity index (χ0v) is 21.3. The molecule has 0 saturated carbocycles. The van der Waals surface area contributed by atoms with Crippen molar-refractivity contribution in [1.29, 1.82) is 0 Å². The van der Waals surface area contributed by atoms with E-state index in [0.717, 1.165) is 39.7 Å². The number of carbonyl (C=O) groups is 1. The molecule has 38 heavy (non-hydrogen) atoms. The quantitative estimate of drug-likeness (QED) is 0.315. The number of anilines is 2. The number of nitrogens with one attached hydrogen (secondary N) is 1. The summed E-state index contributed by atoms with van der Waals surface area (Å²) in [6.45, 7) is 4.37. The lowest BCUT2D eigenvalue weighted by Gasteiger charge is -2.40. The molecule has 0 aliphatic carbocycles. The smallest absolute Gasteiger partial charge is 0.255 e. The van der Waals surface area contributed by atoms with Crippen LogP contribution in [0.15, 0.2) is 60.8 Å². The first kappa shape index (κ1) is 24.0. The van der Waals surface area contributed by atoms with Gasteiger partial charge in [-0.3, -0.25) is 9.69 Å². The lowest BCUT2D eigenvalue weighted by atomic mass is 10.00. The first-order valence-corrected chi connectivity index (χ1v) is 12.5. The van der Waals surface area contributed by atoms with Crippen LogP contribution in [-0.4, -0.2) is 52.4 Å². The van der Waals surface area contributed by atoms with Crippen molar-refractivity contribution in [1.82, 2.24) is 19.8 Å². The van der Waals surface area contributed by atoms with Crippen LogP contribution >= 0.6 is 0 Å². The van der Waals surface area contributed by atoms with Crippen LogP contribution in [0.25, 0.3) is 10.9 Å². The minimum Gasteiger partial charge on any atom is -0.368 e. The number of aromatic nitrogens is 2. The number of nitrogens with two attached hydrogens (primary N) is 1. The third-order valence-electron chi connectivity index (χ3n) is 7.32. The van der Waals surface area contributed by atoms with Gasteiger partial charge in [0.05, 0.1) is 12.1 Å². The third kappa shape index (κ3) is 4.36. The fraction of sp³-hybridized carbons (Fsp3) is 0.233. The lowest BCUT2D eigenvalue weighted by molar-refractivity contribution is -0.0834. The van der Waals surface area contributed by atoms with Crippen LogP contribution in [0.4, 0.5) is 16.0 Å². The number of likely N-dealkylation sites (N-methyl/N-ethyl adjacent to an activating group) is 1. The number of piperazine rings is 1. The molecule has 1 saturated heterocycles. The second kappa shape index (κ2) is 9.21. The molecule has 4 aromatic rings. The summed E-state index contributed by atoms with van der Waals surface area (Å²) in [7, 11) is 1.93. The average Bonchev–Trinajstić information content (AvgIpc) is 3.18. The van der Waals surface area contributed by atoms with Gasteiger partial charge in [-0.25, -0.2) is 14.4 Å². The summed E-state index contributed by atoms with van der Waals surface area (Å²) in [6.07, 6.45) is 1.68. The van der Waals surface area contributed by atoms with E-state index in [1.54, 1.807) is 24.4 Å². The highest BCUT2D eigenvalue weighted by atomic mass is 19.1. The number of rotatable bonds is 2. The molecule has 0 radical (unpaired) electrons. The maximum absolute atomic E-state index is 16.0. The second-order valence-electron chi connectivity index (χ2n) is 10.0. The van der Waals surface area contributed by atoms with Gasteiger partial charge in [-0.2, -0.15) is 0 Å². The van der Waals surface area contributed by atoms with Gasteiger partial charge in [0.1, 0.15) is 0 Å². The fourth-order valence-electron chi connectivity index (χ4n) is 5.18. The SMILES string of the molecule is Cc1ccc(C(=O)Nc2ccc3c(c2)C2(F)CN(C)CCN2C3)cc1C#Cc1ccc2cnc(N)nc2c1. The highest BCUT2D eigenvalue weighted by Crippen LogP contribution is 2.43. The molecule has 1 fully saturated rings. The normalized spacial score (nSPS) is 18.9. The Labute approximate surface area is 220 Å². The van der Waals surface area contributed by atoms with Crippen molar-refractivity contribution in [3.63, 3.8) is 0 Å². The zero-order chi connectivity index (χ0) is 26.4. The Hall–Kier alpha value is -4.32. The van der Waals surface area contributed by atoms with E-state index >= 15 is 4.39 Å². The van der Waals surface area contributed by atoms with Crippen molar-refractivity contribution in [3.05, 3.63) is 94.2 Å². The number of fused-ring (bicyclic) bond motifs is 4. The van der Waals surface area contributed by atoms with Gasteiger partial charge in [0, 0.05) is 59.2 Å². The molecule has 3 N–H and O–H groups in total. The number of amides is 1. The number of hydrogen-bond donors (Lipinski definition) is 2. The molecule has 2 aliphatic heterocycles. The summed E-state index contributed by atoms with van der Waals surface area (Å²) in [6, 6.07) is 16.6. The predicted octanol–water partition coefficient (Wildman–Crippen LogP) is 4.06. The molecule has 1 unspecified atom stereocenters. The number of alkyl halides is 1. The van der Waals surface area contributed by atoms with E-state index in [2.05, 4.69) is 27.1 Å². The Morgan fingerprint density at radius 2 is 1.97 bits per heavy atom. The topological polar surface area (TPSA) is 87.4 Å². The van der Waals surface area contributed by atoms with Crippen LogP contribution in [0.2, 0.25) is 0 Å². The molecule has 2 aliphatic rings. The Balaban J connectivity index is 1.23. The second-order valence-corrected chi connectivity index (χ2v) is 10.0. The van der Waals surface area contributed by atoms with Crippen molar-refractivity contribution in [3.8, 4) is 11.8 Å². The van der Waals surface area contributed by atoms with Gasteiger partial charge < -0.3 is 16.0 Å². The molecular weight excluding hydrogens is 479 g/mol. The molecule has 1 amide bonds. The van der Waals surface area contributed by atoms with Crippen molar-refractivity contribution in [2.75, 3.05) is 37.7 Å². The lowest BCUT2D eigenvalue weighted by Crippen LogP contribution is -2.53. The Morgan fingerprint density at radius 3 is 2.84 bits per heavy atom. The molecule has 1 aromatic heterocycles. The summed E-state index contributed by atoms with van der Waals surface area (Å²) in [4.78, 5) is 25.3. The van der Waals surface area contributed by atoms with Gasteiger partial charge in [-0.1, -0.05) is 30.0 Å². The van der Waals surface area contributed by atoms with Gasteiger partial charge in [0.25, 0.3) is 5.91 Å². The Morgan fingerprint density at radius 1 is 1.11 bits per heavy atom. The summed E-state index contributed by atoms with van der Waals surface area (Å²) < 4.78 is 16.0. The van der Waals surface area contributed by atoms with Crippen molar-refractivity contribution in [2.24, 2.45) is 0 Å². The summed E-state index contributed by atoms with van der Waals surface area (Å²) in [5.74, 6) is 4.75. The standard InChI is InChI=1S/C30H27FN6O/c1-19-3-6-22(14-21(19)7-4-20-5-8-23-16-33-29(32)35-27(23)13-20)28(38)34-25-10-9-24-17-37-12-11-36(2)18-30(37,31)26(24)15-25/h3,5-6,8-10,13-16H,11-12,17-18H2,1-2H3,(H,34,38)(H2,32,33,35). The number of benzene rings is 3. The zero-order valence-electron chi connectivity index (χ0n) is 21.3. The molecule has 3 aromatic carbocycles. The summed E-state index contributed by atoms with van der Waals surface area (Å²) >= 11 is 0. The molecule has 0 bridgehead atoms. The number of nitrogens with zero attached hydrogens (tertiary/aromatic N) is 4. The van der Waals surface area contributed by atoms with Crippen LogP contribution in [0.5, 0.6) is 0 Å². The van der Waals surface area contributed by atoms with Gasteiger partial charge in [-0.05, 0) is 61.5 Å². The van der Waals surface area contributed by atoms with Gasteiger partial charge in [-0.15, -0.1) is 0 Å². The Kier molecular flexibility index (Phi) is 5.83. The van der Waals surface area contributed by atoms with Gasteiger partial charge in [0.15, 0.2) is 0 Å². The van der Waals surface area contributed by atoms with Crippen LogP contribution < -0.4 is 11.1 Å². The monoisotopic (exact) mass is 506 g/mol. The molecule has 190 valence electrons. The summed E-state index contributed by atoms with van der Waals surface area (Å²) in [5.41, 5.74) is 11.6. The van der Waals surface area contributed by atoms with Gasteiger partial charge >= 0.3 is 0 Å². The maximum Gasteiger partial charge on any atom is 0.255 e. The number of aryl methyl sites for hydroxylation is 1. The van der Waals surface area contributed by atoms with Crippen LogP contribution in [-0.2, 0) is 12.3 Å². The van der Waals surface area contributed by atoms with Crippen molar-refractivity contribution >= 4 is 28.4 Å². The van der Waals surface area contributed by atoms with E-state index in [1.807, 2.05) is 60.2 Å². The van der Waals surface area contributed by atoms with Gasteiger partial charge in [0.2, 0.25) is 11.7 Å².